The van der Waals surface area contributed by atoms with Gasteiger partial charge in [0.2, 0.25) is 0 Å². The van der Waals surface area contributed by atoms with E-state index in [4.69, 9.17) is 0 Å². The maximum absolute atomic E-state index is 3.52. The quantitative estimate of drug-likeness (QED) is 0.665. The van der Waals surface area contributed by atoms with Gasteiger partial charge in [-0.15, -0.1) is 0 Å². The van der Waals surface area contributed by atoms with Gasteiger partial charge >= 0.3 is 0 Å². The van der Waals surface area contributed by atoms with E-state index >= 15 is 0 Å². The first-order valence-electron chi connectivity index (χ1n) is 7.46. The summed E-state index contributed by atoms with van der Waals surface area (Å²) in [5, 5.41) is 3.52. The molecule has 0 fully saturated rings. The molecule has 0 bridgehead atoms. The molecule has 3 nitrogen and oxygen atoms in total. The molecule has 4 heteroatoms. The molecule has 0 atom stereocenters. The molecule has 20 heavy (non-hydrogen) atoms. The molecule has 0 spiro atoms. The molecular formula is C16H21N3S. The molecule has 3 aliphatic rings. The van der Waals surface area contributed by atoms with Crippen molar-refractivity contribution in [1.82, 2.24) is 9.21 Å². The predicted octanol–water partition coefficient (Wildman–Crippen LogP) is 2.61. The van der Waals surface area contributed by atoms with Crippen molar-refractivity contribution in [3.63, 3.8) is 0 Å². The van der Waals surface area contributed by atoms with Gasteiger partial charge in [-0.3, -0.25) is 4.90 Å². The van der Waals surface area contributed by atoms with Gasteiger partial charge in [-0.2, -0.15) is 0 Å². The number of likely N-dealkylation sites (N-methyl/N-ethyl adjacent to an activating group) is 1. The van der Waals surface area contributed by atoms with Crippen LogP contribution in [0.2, 0.25) is 0 Å². The van der Waals surface area contributed by atoms with Crippen LogP contribution < -0.4 is 5.32 Å². The minimum atomic E-state index is 1.12. The second-order valence-corrected chi connectivity index (χ2v) is 7.29. The first-order valence-corrected chi connectivity index (χ1v) is 8.23. The molecule has 1 N–H and O–H groups in total. The molecule has 4 rings (SSSR count). The van der Waals surface area contributed by atoms with Gasteiger partial charge in [0.1, 0.15) is 0 Å². The fourth-order valence-corrected chi connectivity index (χ4v) is 4.49. The highest BCUT2D eigenvalue weighted by Crippen LogP contribution is 2.35. The lowest BCUT2D eigenvalue weighted by atomic mass is 10.0. The van der Waals surface area contributed by atoms with E-state index in [-0.39, 0.29) is 0 Å². The van der Waals surface area contributed by atoms with Gasteiger partial charge in [-0.25, -0.2) is 4.31 Å². The Morgan fingerprint density at radius 1 is 1.10 bits per heavy atom. The number of hydrogen-bond donors (Lipinski definition) is 1. The second kappa shape index (κ2) is 5.10. The first-order chi connectivity index (χ1) is 9.78. The van der Waals surface area contributed by atoms with E-state index in [9.17, 15) is 0 Å². The van der Waals surface area contributed by atoms with Crippen LogP contribution in [0.25, 0.3) is 0 Å². The standard InChI is InChI=1S/C16H21N3S/c1-18-8-13-10-19(11-14(13)9-18)20-15-5-4-12-3-2-6-17-16(12)7-15/h4-5,7,17H,2-3,6,8-11H2,1H3. The third-order valence-corrected chi connectivity index (χ3v) is 5.39. The summed E-state index contributed by atoms with van der Waals surface area (Å²) in [5.41, 5.74) is 6.12. The number of aryl methyl sites for hydroxylation is 1. The summed E-state index contributed by atoms with van der Waals surface area (Å²) in [6.07, 6.45) is 2.48. The third kappa shape index (κ3) is 2.36. The highest BCUT2D eigenvalue weighted by atomic mass is 32.2. The Bertz CT molecular complexity index is 549. The topological polar surface area (TPSA) is 18.5 Å². The molecule has 1 aromatic rings. The van der Waals surface area contributed by atoms with Gasteiger partial charge in [-0.05, 0) is 60.7 Å². The summed E-state index contributed by atoms with van der Waals surface area (Å²) in [4.78, 5) is 3.78. The van der Waals surface area contributed by atoms with Crippen LogP contribution in [0, 0.1) is 0 Å². The van der Waals surface area contributed by atoms with Gasteiger partial charge in [0.15, 0.2) is 0 Å². The average Bonchev–Trinajstić information content (AvgIpc) is 2.95. The average molecular weight is 287 g/mol. The van der Waals surface area contributed by atoms with Crippen LogP contribution in [-0.4, -0.2) is 49.0 Å². The van der Waals surface area contributed by atoms with Crippen molar-refractivity contribution >= 4 is 17.6 Å². The number of fused-ring (bicyclic) bond motifs is 1. The van der Waals surface area contributed by atoms with E-state index in [1.165, 1.54) is 29.0 Å². The molecule has 0 saturated heterocycles. The molecule has 3 aliphatic heterocycles. The SMILES string of the molecule is CN1CC2=C(C1)CN(Sc1ccc3c(c1)NCCC3)C2. The molecule has 0 saturated carbocycles. The van der Waals surface area contributed by atoms with Gasteiger partial charge in [-0.1, -0.05) is 6.07 Å². The van der Waals surface area contributed by atoms with Gasteiger partial charge in [0, 0.05) is 43.3 Å². The van der Waals surface area contributed by atoms with Crippen molar-refractivity contribution in [3.8, 4) is 0 Å². The molecule has 0 amide bonds. The Morgan fingerprint density at radius 3 is 2.70 bits per heavy atom. The highest BCUT2D eigenvalue weighted by molar-refractivity contribution is 7.97. The number of nitrogens with one attached hydrogen (secondary N) is 1. The lowest BCUT2D eigenvalue weighted by molar-refractivity contribution is 0.399. The van der Waals surface area contributed by atoms with Gasteiger partial charge < -0.3 is 5.32 Å². The van der Waals surface area contributed by atoms with E-state index in [0.29, 0.717) is 0 Å². The zero-order valence-electron chi connectivity index (χ0n) is 12.0. The molecule has 0 aliphatic carbocycles. The maximum atomic E-state index is 3.52. The van der Waals surface area contributed by atoms with E-state index < -0.39 is 0 Å². The monoisotopic (exact) mass is 287 g/mol. The van der Waals surface area contributed by atoms with Crippen LogP contribution in [0.4, 0.5) is 5.69 Å². The summed E-state index contributed by atoms with van der Waals surface area (Å²) in [6, 6.07) is 6.91. The van der Waals surface area contributed by atoms with Crippen molar-refractivity contribution in [2.75, 3.05) is 45.1 Å². The lowest BCUT2D eigenvalue weighted by Crippen LogP contribution is -2.23. The van der Waals surface area contributed by atoms with Crippen LogP contribution >= 0.6 is 11.9 Å². The Balaban J connectivity index is 1.43. The Kier molecular flexibility index (Phi) is 3.25. The first kappa shape index (κ1) is 12.7. The minimum Gasteiger partial charge on any atom is -0.385 e. The van der Waals surface area contributed by atoms with Crippen LogP contribution in [0.3, 0.4) is 0 Å². The molecule has 0 aromatic heterocycles. The number of hydrogen-bond acceptors (Lipinski definition) is 4. The largest absolute Gasteiger partial charge is 0.385 e. The van der Waals surface area contributed by atoms with E-state index in [1.54, 1.807) is 11.1 Å². The fourth-order valence-electron chi connectivity index (χ4n) is 3.45. The minimum absolute atomic E-state index is 1.12. The lowest BCUT2D eigenvalue weighted by Gasteiger charge is -2.21. The smallest absolute Gasteiger partial charge is 0.0384 e. The highest BCUT2D eigenvalue weighted by Gasteiger charge is 2.28. The van der Waals surface area contributed by atoms with Crippen LogP contribution in [-0.2, 0) is 6.42 Å². The van der Waals surface area contributed by atoms with Crippen LogP contribution in [0.5, 0.6) is 0 Å². The third-order valence-electron chi connectivity index (χ3n) is 4.41. The van der Waals surface area contributed by atoms with Crippen LogP contribution in [0.1, 0.15) is 12.0 Å². The Morgan fingerprint density at radius 2 is 1.90 bits per heavy atom. The van der Waals surface area contributed by atoms with Gasteiger partial charge in [0.25, 0.3) is 0 Å². The van der Waals surface area contributed by atoms with Crippen molar-refractivity contribution in [1.29, 1.82) is 0 Å². The second-order valence-electron chi connectivity index (χ2n) is 6.12. The zero-order valence-corrected chi connectivity index (χ0v) is 12.8. The predicted molar refractivity (Wildman–Crippen MR) is 85.2 cm³/mol. The summed E-state index contributed by atoms with van der Waals surface area (Å²) in [6.45, 7) is 5.72. The van der Waals surface area contributed by atoms with E-state index in [2.05, 4.69) is 39.8 Å². The summed E-state index contributed by atoms with van der Waals surface area (Å²) in [7, 11) is 2.21. The molecule has 1 aromatic carbocycles. The molecule has 0 unspecified atom stereocenters. The summed E-state index contributed by atoms with van der Waals surface area (Å²) < 4.78 is 2.50. The van der Waals surface area contributed by atoms with Gasteiger partial charge in [0.05, 0.1) is 0 Å². The Hall–Kier alpha value is -0.970. The summed E-state index contributed by atoms with van der Waals surface area (Å²) >= 11 is 1.92. The Labute approximate surface area is 125 Å². The molecule has 3 heterocycles. The number of anilines is 1. The summed E-state index contributed by atoms with van der Waals surface area (Å²) in [5.74, 6) is 0. The van der Waals surface area contributed by atoms with Crippen molar-refractivity contribution < 1.29 is 0 Å². The molecule has 0 radical (unpaired) electrons. The number of benzene rings is 1. The molecule has 106 valence electrons. The van der Waals surface area contributed by atoms with Crippen molar-refractivity contribution in [3.05, 3.63) is 34.9 Å². The fraction of sp³-hybridized carbons (Fsp3) is 0.500. The number of rotatable bonds is 2. The maximum Gasteiger partial charge on any atom is 0.0384 e. The van der Waals surface area contributed by atoms with Crippen LogP contribution in [0.15, 0.2) is 34.2 Å². The van der Waals surface area contributed by atoms with Crippen molar-refractivity contribution in [2.24, 2.45) is 0 Å². The van der Waals surface area contributed by atoms with E-state index in [0.717, 1.165) is 32.7 Å². The number of nitrogens with zero attached hydrogens (tertiary/aromatic N) is 2. The van der Waals surface area contributed by atoms with Crippen molar-refractivity contribution in [2.45, 2.75) is 17.7 Å². The zero-order chi connectivity index (χ0) is 13.5. The van der Waals surface area contributed by atoms with E-state index in [1.807, 2.05) is 11.9 Å². The normalized spacial score (nSPS) is 22.9. The molecular weight excluding hydrogens is 266 g/mol.